The Morgan fingerprint density at radius 2 is 1.11 bits per heavy atom. The van der Waals surface area contributed by atoms with Gasteiger partial charge in [0.1, 0.15) is 18.1 Å². The van der Waals surface area contributed by atoms with Crippen molar-refractivity contribution in [3.63, 3.8) is 0 Å². The van der Waals surface area contributed by atoms with Gasteiger partial charge in [-0.2, -0.15) is 0 Å². The molecule has 2 aliphatic heterocycles. The first-order valence-electron chi connectivity index (χ1n) is 36.8. The van der Waals surface area contributed by atoms with Crippen molar-refractivity contribution >= 4 is 128 Å². The lowest BCUT2D eigenvalue weighted by Crippen LogP contribution is -2.45. The number of primary amides is 1. The van der Waals surface area contributed by atoms with Crippen LogP contribution >= 0.6 is 42.1 Å². The fourth-order valence-corrected chi connectivity index (χ4v) is 14.7. The molecule has 1 unspecified atom stereocenters. The van der Waals surface area contributed by atoms with Crippen molar-refractivity contribution in [2.75, 3.05) is 193 Å². The maximum Gasteiger partial charge on any atom is 0.415 e. The molecule has 0 radical (unpaired) electrons. The molecule has 34 heteroatoms. The molecule has 1 aromatic heterocycles. The topological polar surface area (TPSA) is 376 Å². The van der Waals surface area contributed by atoms with E-state index in [2.05, 4.69) is 16.0 Å². The molecule has 0 bridgehead atoms. The van der Waals surface area contributed by atoms with E-state index in [9.17, 15) is 47.8 Å². The highest BCUT2D eigenvalue weighted by molar-refractivity contribution is 7.52. The molecular formula is C77H102Cl2N9O21PS. The normalized spacial score (nSPS) is 14.9. The van der Waals surface area contributed by atoms with Gasteiger partial charge < -0.3 is 104 Å². The Kier molecular flexibility index (Phi) is 36.3. The summed E-state index contributed by atoms with van der Waals surface area (Å²) < 4.78 is 73.8. The van der Waals surface area contributed by atoms with Crippen molar-refractivity contribution in [3.05, 3.63) is 124 Å². The zero-order chi connectivity index (χ0) is 79.8. The van der Waals surface area contributed by atoms with Gasteiger partial charge in [-0.15, -0.1) is 34.5 Å². The summed E-state index contributed by atoms with van der Waals surface area (Å²) >= 11 is 14.2. The highest BCUT2D eigenvalue weighted by Crippen LogP contribution is 2.51. The molecule has 0 saturated carbocycles. The number of halogens is 2. The number of Topliss-reactive ketones (excluding diaryl/α,β-unsaturated/α-hetero) is 1. The molecule has 30 nitrogen and oxygen atoms in total. The summed E-state index contributed by atoms with van der Waals surface area (Å²) in [5, 5.41) is 10.8. The zero-order valence-electron chi connectivity index (χ0n) is 63.3. The molecule has 0 saturated heterocycles. The third-order valence-corrected chi connectivity index (χ3v) is 20.6. The van der Waals surface area contributed by atoms with Crippen molar-refractivity contribution in [2.24, 2.45) is 23.3 Å². The predicted octanol–water partition coefficient (Wildman–Crippen LogP) is 9.50. The Morgan fingerprint density at radius 3 is 1.59 bits per heavy atom. The minimum absolute atomic E-state index is 0.0202. The van der Waals surface area contributed by atoms with Crippen LogP contribution in [0.15, 0.2) is 97.1 Å². The number of ether oxygens (including phenoxy) is 10. The number of urea groups is 1. The van der Waals surface area contributed by atoms with Crippen molar-refractivity contribution in [1.82, 2.24) is 20.4 Å². The molecule has 6 aromatic rings. The first-order chi connectivity index (χ1) is 53.6. The van der Waals surface area contributed by atoms with E-state index in [0.29, 0.717) is 111 Å². The van der Waals surface area contributed by atoms with Gasteiger partial charge >= 0.3 is 25.8 Å². The molecule has 8 N–H and O–H groups in total. The number of thiophene rings is 1. The number of anilines is 3. The molecule has 5 atom stereocenters. The summed E-state index contributed by atoms with van der Waals surface area (Å²) in [6.07, 6.45) is -1.23. The molecule has 8 rings (SSSR count). The molecular weight excluding hydrogens is 1520 g/mol. The number of benzene rings is 5. The minimum Gasteiger partial charge on any atom is -0.445 e. The van der Waals surface area contributed by atoms with Crippen molar-refractivity contribution < 1.29 is 99.7 Å². The predicted molar refractivity (Wildman–Crippen MR) is 422 cm³/mol. The molecule has 0 fully saturated rings. The monoisotopic (exact) mass is 1620 g/mol. The number of carbonyl (C=O) groups excluding carboxylic acids is 8. The van der Waals surface area contributed by atoms with Gasteiger partial charge in [-0.3, -0.25) is 24.0 Å². The average molecular weight is 1620 g/mol. The first kappa shape index (κ1) is 88.5. The number of rotatable bonds is 49. The number of alkyl halides is 2. The number of nitrogens with one attached hydrogen (secondary N) is 3. The van der Waals surface area contributed by atoms with E-state index in [4.69, 9.17) is 86.6 Å². The number of hydrogen-bond acceptors (Lipinski definition) is 22. The first-order valence-corrected chi connectivity index (χ1v) is 40.7. The van der Waals surface area contributed by atoms with Crippen LogP contribution in [0.1, 0.15) is 87.4 Å². The fourth-order valence-electron chi connectivity index (χ4n) is 12.8. The molecule has 5 aromatic carbocycles. The largest absolute Gasteiger partial charge is 0.445 e. The summed E-state index contributed by atoms with van der Waals surface area (Å²) in [5.74, 6) is -3.27. The van der Waals surface area contributed by atoms with Crippen LogP contribution < -0.4 is 46.5 Å². The molecule has 0 aliphatic carbocycles. The van der Waals surface area contributed by atoms with E-state index in [1.54, 1.807) is 96.4 Å². The minimum atomic E-state index is -4.02. The number of carbonyl (C=O) groups is 8. The van der Waals surface area contributed by atoms with E-state index in [0.717, 1.165) is 34.5 Å². The third-order valence-electron chi connectivity index (χ3n) is 18.3. The Morgan fingerprint density at radius 1 is 0.631 bits per heavy atom. The van der Waals surface area contributed by atoms with Gasteiger partial charge in [0.15, 0.2) is 5.78 Å². The number of hydrogen-bond donors (Lipinski definition) is 6. The number of methoxy groups -OCH3 is 2. The maximum atomic E-state index is 14.9. The Labute approximate surface area is 660 Å². The summed E-state index contributed by atoms with van der Waals surface area (Å²) in [6.45, 7) is 10.3. The van der Waals surface area contributed by atoms with Crippen LogP contribution in [0, 0.1) is 11.8 Å². The van der Waals surface area contributed by atoms with Gasteiger partial charge in [-0.25, -0.2) is 18.9 Å². The lowest BCUT2D eigenvalue weighted by atomic mass is 9.89. The van der Waals surface area contributed by atoms with E-state index in [-0.39, 0.29) is 161 Å². The van der Waals surface area contributed by atoms with Crippen molar-refractivity contribution in [3.8, 4) is 11.5 Å². The number of nitrogens with zero attached hydrogens (tertiary/aromatic N) is 4. The van der Waals surface area contributed by atoms with Crippen LogP contribution in [0.25, 0.3) is 21.5 Å². The molecule has 606 valence electrons. The maximum absolute atomic E-state index is 14.9. The fraction of sp³-hybridized carbons (Fsp3) is 0.506. The summed E-state index contributed by atoms with van der Waals surface area (Å²) in [5.41, 5.74) is 14.1. The standard InChI is InChI=1S/C77H102Cl2N9O21PS/c1-51(2)71(84-68(90)22-29-101-33-35-103-37-39-105-41-42-106-40-38-104-36-34-102-30-23-80)63(89)43-53(11-10-24-82-75(81)94)72(91)83-56-18-16-52(17-19-56)50-107-76(95)85(27-31-99-3)25-26-86(28-32-100-4)77(96)108-64-44-61-69(59-14-8-6-12-57(59)64)54(46-78)48-87(61)73(92)66-20-21-67(111-66)74(93)88-49-55(47-79)70-60-15-9-7-13-58(60)65(45-62(70)88)109-110(5,97)98/h6-9,12-21,44-45,51,53-55,71H,10-11,22-43,46-50,80H2,1-5H3,(H,83,91)(H,84,90)(H,97,98)(H3,81,82,94)/t53-,54-,55-,71+/m1/s1. The van der Waals surface area contributed by atoms with Gasteiger partial charge in [-0.1, -0.05) is 74.5 Å². The second-order valence-electron chi connectivity index (χ2n) is 26.7. The van der Waals surface area contributed by atoms with Gasteiger partial charge in [0.2, 0.25) is 11.8 Å². The number of fused-ring (bicyclic) bond motifs is 6. The van der Waals surface area contributed by atoms with Gasteiger partial charge in [-0.05, 0) is 70.5 Å². The highest BCUT2D eigenvalue weighted by atomic mass is 35.5. The van der Waals surface area contributed by atoms with Gasteiger partial charge in [0, 0.05) is 144 Å². The Hall–Kier alpha value is -8.11. The van der Waals surface area contributed by atoms with Crippen LogP contribution in [0.2, 0.25) is 0 Å². The quantitative estimate of drug-likeness (QED) is 0.0118. The van der Waals surface area contributed by atoms with Crippen LogP contribution in [0.3, 0.4) is 0 Å². The second kappa shape index (κ2) is 45.6. The van der Waals surface area contributed by atoms with E-state index < -0.39 is 61.4 Å². The summed E-state index contributed by atoms with van der Waals surface area (Å²) in [7, 11) is -1.06. The molecule has 3 heterocycles. The average Bonchev–Trinajstić information content (AvgIpc) is 1.63. The van der Waals surface area contributed by atoms with E-state index in [1.165, 1.54) is 24.0 Å². The van der Waals surface area contributed by atoms with Gasteiger partial charge in [0.25, 0.3) is 11.8 Å². The molecule has 111 heavy (non-hydrogen) atoms. The lowest BCUT2D eigenvalue weighted by Gasteiger charge is -2.27. The van der Waals surface area contributed by atoms with Crippen molar-refractivity contribution in [2.45, 2.75) is 64.0 Å². The van der Waals surface area contributed by atoms with E-state index in [1.807, 2.05) is 24.3 Å². The van der Waals surface area contributed by atoms with Crippen LogP contribution in [0.5, 0.6) is 11.5 Å². The van der Waals surface area contributed by atoms with Crippen LogP contribution in [0.4, 0.5) is 31.4 Å². The summed E-state index contributed by atoms with van der Waals surface area (Å²) in [4.78, 5) is 127. The zero-order valence-corrected chi connectivity index (χ0v) is 66.5. The van der Waals surface area contributed by atoms with Crippen molar-refractivity contribution in [1.29, 1.82) is 0 Å². The summed E-state index contributed by atoms with van der Waals surface area (Å²) in [6, 6.07) is 25.9. The molecule has 2 aliphatic rings. The molecule has 8 amide bonds. The number of amides is 8. The van der Waals surface area contributed by atoms with Crippen LogP contribution in [-0.2, 0) is 68.2 Å². The van der Waals surface area contributed by atoms with Crippen LogP contribution in [-0.4, -0.2) is 246 Å². The lowest BCUT2D eigenvalue weighted by molar-refractivity contribution is -0.131. The smallest absolute Gasteiger partial charge is 0.415 e. The number of ketones is 1. The number of nitrogens with two attached hydrogens (primary N) is 2. The highest BCUT2D eigenvalue weighted by Gasteiger charge is 2.40. The second-order valence-corrected chi connectivity index (χ2v) is 30.2. The molecule has 0 spiro atoms. The Bertz CT molecular complexity index is 4120. The van der Waals surface area contributed by atoms with E-state index >= 15 is 0 Å². The SMILES string of the molecule is COCCN(CCN(CCOC)C(=O)Oc1cc2c(c3ccccc13)[C@H](CCl)CN2C(=O)c1ccc(C(=O)N2C[C@@H](CCl)c3c2cc(OP(C)(=O)O)c2ccccc32)s1)C(=O)OCc1ccc(NC(=O)[C@H](CCCNC(N)=O)CC(=O)[C@@H](NC(=O)CCOCCOCCOCCOCCOCCOCCN)C(C)C)cc1. The van der Waals surface area contributed by atoms with Gasteiger partial charge in [0.05, 0.1) is 120 Å². The Balaban J connectivity index is 0.840. The third kappa shape index (κ3) is 26.5.